The Morgan fingerprint density at radius 1 is 0.918 bits per heavy atom. The Morgan fingerprint density at radius 2 is 1.53 bits per heavy atom. The molecule has 1 aliphatic heterocycles. The summed E-state index contributed by atoms with van der Waals surface area (Å²) in [7, 11) is -3.56. The van der Waals surface area contributed by atoms with Crippen molar-refractivity contribution in [3.63, 3.8) is 0 Å². The van der Waals surface area contributed by atoms with E-state index in [1.54, 1.807) is 20.8 Å². The fourth-order valence-electron chi connectivity index (χ4n) is 7.73. The van der Waals surface area contributed by atoms with Gasteiger partial charge in [-0.1, -0.05) is 73.6 Å². The van der Waals surface area contributed by atoms with Crippen LogP contribution in [0.15, 0.2) is 0 Å². The molecule has 3 unspecified atom stereocenters. The van der Waals surface area contributed by atoms with Crippen LogP contribution in [0.2, 0.25) is 0 Å². The molecular weight excluding hydrogens is 646 g/mol. The standard InChI is InChI=1S/C36H61N5O7S/c1-10-11-15-24(27(42)30(44)37-22-16-17-22)38-29(43)26-25-23(35(25,8)9)20-41(26)31(45)28(33(2,3)4)39-32(46)40-36(18-13-12-14-19-36)21-49(47,48)34(5,6)7/h22-26,28H,10-21H2,1-9H3,(H,37,44)(H,38,43)(H2,39,40,46)/t23-,24?,25-,26?,28?/m0/s1. The summed E-state index contributed by atoms with van der Waals surface area (Å²) in [5, 5.41) is 11.5. The quantitative estimate of drug-likeness (QED) is 0.212. The average molecular weight is 708 g/mol. The van der Waals surface area contributed by atoms with Gasteiger partial charge in [-0.05, 0) is 75.5 Å². The lowest BCUT2D eigenvalue weighted by atomic mass is 9.83. The monoisotopic (exact) mass is 707 g/mol. The molecule has 4 aliphatic rings. The van der Waals surface area contributed by atoms with E-state index < -0.39 is 73.2 Å². The minimum Gasteiger partial charge on any atom is -0.347 e. The summed E-state index contributed by atoms with van der Waals surface area (Å²) < 4.78 is 25.6. The molecule has 4 fully saturated rings. The van der Waals surface area contributed by atoms with Gasteiger partial charge in [0.1, 0.15) is 12.1 Å². The number of fused-ring (bicyclic) bond motifs is 1. The Kier molecular flexibility index (Phi) is 11.3. The lowest BCUT2D eigenvalue weighted by molar-refractivity contribution is -0.145. The third kappa shape index (κ3) is 8.79. The van der Waals surface area contributed by atoms with Crippen LogP contribution in [0.5, 0.6) is 0 Å². The number of carbonyl (C=O) groups is 5. The fourth-order valence-corrected chi connectivity index (χ4v) is 9.25. The second-order valence-electron chi connectivity index (χ2n) is 17.8. The molecule has 5 amide bonds. The minimum atomic E-state index is -3.56. The van der Waals surface area contributed by atoms with Gasteiger partial charge in [-0.25, -0.2) is 13.2 Å². The first kappa shape index (κ1) is 39.1. The predicted octanol–water partition coefficient (Wildman–Crippen LogP) is 3.62. The van der Waals surface area contributed by atoms with Crippen molar-refractivity contribution in [2.24, 2.45) is 22.7 Å². The van der Waals surface area contributed by atoms with Crippen LogP contribution in [0.4, 0.5) is 4.79 Å². The Balaban J connectivity index is 1.54. The van der Waals surface area contributed by atoms with Crippen molar-refractivity contribution >= 4 is 39.4 Å². The maximum Gasteiger partial charge on any atom is 0.315 e. The van der Waals surface area contributed by atoms with Crippen LogP contribution in [-0.4, -0.2) is 89.6 Å². The summed E-state index contributed by atoms with van der Waals surface area (Å²) in [6.07, 6.45) is 6.97. The SMILES string of the molecule is CCCCC(NC(=O)C1[C@@H]2[C@H](CN1C(=O)C(NC(=O)NC1(CS(=O)(=O)C(C)(C)C)CCCCC1)C(C)(C)C)C2(C)C)C(=O)C(=O)NC1CC1. The molecule has 3 aliphatic carbocycles. The van der Waals surface area contributed by atoms with Crippen LogP contribution in [-0.2, 0) is 29.0 Å². The van der Waals surface area contributed by atoms with E-state index in [0.29, 0.717) is 32.2 Å². The zero-order chi connectivity index (χ0) is 36.7. The van der Waals surface area contributed by atoms with Crippen molar-refractivity contribution in [3.05, 3.63) is 0 Å². The van der Waals surface area contributed by atoms with E-state index >= 15 is 0 Å². The molecule has 278 valence electrons. The van der Waals surface area contributed by atoms with Crippen LogP contribution in [0.3, 0.4) is 0 Å². The molecule has 0 aromatic rings. The number of ketones is 1. The van der Waals surface area contributed by atoms with Crippen LogP contribution in [0.1, 0.15) is 127 Å². The maximum atomic E-state index is 14.5. The Morgan fingerprint density at radius 3 is 2.06 bits per heavy atom. The Bertz CT molecular complexity index is 1400. The molecule has 0 aromatic heterocycles. The van der Waals surface area contributed by atoms with Crippen molar-refractivity contribution in [3.8, 4) is 0 Å². The van der Waals surface area contributed by atoms with Crippen LogP contribution >= 0.6 is 0 Å². The lowest BCUT2D eigenvalue weighted by Gasteiger charge is -2.41. The number of hydrogen-bond acceptors (Lipinski definition) is 7. The molecule has 0 spiro atoms. The smallest absolute Gasteiger partial charge is 0.315 e. The first-order chi connectivity index (χ1) is 22.5. The molecule has 49 heavy (non-hydrogen) atoms. The summed E-state index contributed by atoms with van der Waals surface area (Å²) in [5.41, 5.74) is -1.90. The summed E-state index contributed by atoms with van der Waals surface area (Å²) in [5.74, 6) is -2.50. The molecule has 13 heteroatoms. The van der Waals surface area contributed by atoms with Gasteiger partial charge in [-0.3, -0.25) is 19.2 Å². The first-order valence-electron chi connectivity index (χ1n) is 18.3. The van der Waals surface area contributed by atoms with Crippen molar-refractivity contribution in [2.75, 3.05) is 12.3 Å². The van der Waals surface area contributed by atoms with Gasteiger partial charge in [0.25, 0.3) is 5.91 Å². The van der Waals surface area contributed by atoms with E-state index in [4.69, 9.17) is 0 Å². The number of piperidine rings is 1. The third-order valence-corrected chi connectivity index (χ3v) is 14.2. The highest BCUT2D eigenvalue weighted by Gasteiger charge is 2.70. The molecule has 0 aromatic carbocycles. The number of nitrogens with one attached hydrogen (secondary N) is 4. The summed E-state index contributed by atoms with van der Waals surface area (Å²) in [6.45, 7) is 16.9. The molecule has 1 saturated heterocycles. The van der Waals surface area contributed by atoms with Gasteiger partial charge in [0.2, 0.25) is 17.6 Å². The fraction of sp³-hybridized carbons (Fsp3) is 0.861. The molecule has 0 bridgehead atoms. The number of sulfone groups is 1. The van der Waals surface area contributed by atoms with E-state index in [1.807, 2.05) is 27.7 Å². The third-order valence-electron chi connectivity index (χ3n) is 11.4. The van der Waals surface area contributed by atoms with Gasteiger partial charge in [-0.15, -0.1) is 0 Å². The molecule has 12 nitrogen and oxygen atoms in total. The van der Waals surface area contributed by atoms with Crippen molar-refractivity contribution < 1.29 is 32.4 Å². The van der Waals surface area contributed by atoms with Crippen LogP contribution in [0, 0.1) is 22.7 Å². The van der Waals surface area contributed by atoms with Crippen LogP contribution < -0.4 is 21.3 Å². The largest absolute Gasteiger partial charge is 0.347 e. The summed E-state index contributed by atoms with van der Waals surface area (Å²) in [4.78, 5) is 69.7. The molecule has 3 saturated carbocycles. The van der Waals surface area contributed by atoms with Gasteiger partial charge in [-0.2, -0.15) is 0 Å². The zero-order valence-electron chi connectivity index (χ0n) is 31.2. The number of unbranched alkanes of at least 4 members (excludes halogenated alkanes) is 1. The molecule has 1 heterocycles. The van der Waals surface area contributed by atoms with Gasteiger partial charge >= 0.3 is 6.03 Å². The van der Waals surface area contributed by atoms with Crippen molar-refractivity contribution in [1.29, 1.82) is 0 Å². The molecule has 5 atom stereocenters. The van der Waals surface area contributed by atoms with Gasteiger partial charge in [0, 0.05) is 12.6 Å². The normalized spacial score (nSPS) is 25.7. The second-order valence-corrected chi connectivity index (χ2v) is 20.6. The number of likely N-dealkylation sites (tertiary alicyclic amines) is 1. The molecule has 4 N–H and O–H groups in total. The number of carbonyl (C=O) groups excluding carboxylic acids is 5. The average Bonchev–Trinajstić information content (AvgIpc) is 3.83. The molecule has 4 rings (SSSR count). The topological polar surface area (TPSA) is 171 Å². The first-order valence-corrected chi connectivity index (χ1v) is 20.0. The Labute approximate surface area is 293 Å². The number of nitrogens with zero attached hydrogens (tertiary/aromatic N) is 1. The van der Waals surface area contributed by atoms with E-state index in [2.05, 4.69) is 35.1 Å². The van der Waals surface area contributed by atoms with E-state index in [-0.39, 0.29) is 29.0 Å². The van der Waals surface area contributed by atoms with Crippen LogP contribution in [0.25, 0.3) is 0 Å². The highest BCUT2D eigenvalue weighted by Crippen LogP contribution is 2.65. The van der Waals surface area contributed by atoms with Gasteiger partial charge in [0.05, 0.1) is 22.1 Å². The highest BCUT2D eigenvalue weighted by molar-refractivity contribution is 7.92. The van der Waals surface area contributed by atoms with Crippen molar-refractivity contribution in [1.82, 2.24) is 26.2 Å². The second kappa shape index (κ2) is 14.1. The number of urea groups is 1. The Hall–Kier alpha value is -2.70. The summed E-state index contributed by atoms with van der Waals surface area (Å²) in [6, 6.07) is -3.50. The lowest BCUT2D eigenvalue weighted by Crippen LogP contribution is -2.64. The number of amides is 5. The zero-order valence-corrected chi connectivity index (χ0v) is 32.0. The van der Waals surface area contributed by atoms with E-state index in [9.17, 15) is 32.4 Å². The highest BCUT2D eigenvalue weighted by atomic mass is 32.2. The number of Topliss-reactive ketones (excluding diaryl/α,β-unsaturated/α-hetero) is 1. The number of rotatable bonds is 13. The predicted molar refractivity (Wildman–Crippen MR) is 188 cm³/mol. The maximum absolute atomic E-state index is 14.5. The van der Waals surface area contributed by atoms with E-state index in [0.717, 1.165) is 38.5 Å². The van der Waals surface area contributed by atoms with E-state index in [1.165, 1.54) is 4.90 Å². The van der Waals surface area contributed by atoms with Gasteiger partial charge < -0.3 is 26.2 Å². The number of hydrogen-bond donors (Lipinski definition) is 4. The van der Waals surface area contributed by atoms with Gasteiger partial charge in [0.15, 0.2) is 9.84 Å². The summed E-state index contributed by atoms with van der Waals surface area (Å²) >= 11 is 0. The molecule has 0 radical (unpaired) electrons. The van der Waals surface area contributed by atoms with Crippen molar-refractivity contribution in [2.45, 2.75) is 161 Å². The molecular formula is C36H61N5O7S. The minimum absolute atomic E-state index is 0.00450.